The quantitative estimate of drug-likeness (QED) is 0.592. The lowest BCUT2D eigenvalue weighted by Crippen LogP contribution is -2.48. The third kappa shape index (κ3) is 1.66. The first-order valence-electron chi connectivity index (χ1n) is 3.79. The molecule has 0 aromatic rings. The Balaban J connectivity index is 1.98. The highest BCUT2D eigenvalue weighted by Gasteiger charge is 2.23. The van der Waals surface area contributed by atoms with Gasteiger partial charge in [0.05, 0.1) is 0 Å². The first kappa shape index (κ1) is 7.03. The van der Waals surface area contributed by atoms with E-state index in [2.05, 4.69) is 11.8 Å². The molecule has 0 amide bonds. The summed E-state index contributed by atoms with van der Waals surface area (Å²) >= 11 is 0. The van der Waals surface area contributed by atoms with Gasteiger partial charge in [0.15, 0.2) is 0 Å². The molecule has 1 saturated heterocycles. The largest absolute Gasteiger partial charge is 0.329 e. The van der Waals surface area contributed by atoms with Crippen molar-refractivity contribution >= 4 is 0 Å². The van der Waals surface area contributed by atoms with Crippen LogP contribution in [0, 0.1) is 5.92 Å². The molecular weight excluding hydrogens is 112 g/mol. The Bertz CT molecular complexity index is 77.0. The van der Waals surface area contributed by atoms with Gasteiger partial charge in [-0.3, -0.25) is 0 Å². The third-order valence-corrected chi connectivity index (χ3v) is 2.06. The molecule has 0 bridgehead atoms. The van der Waals surface area contributed by atoms with Crippen LogP contribution in [0.25, 0.3) is 0 Å². The van der Waals surface area contributed by atoms with E-state index in [0.29, 0.717) is 0 Å². The number of likely N-dealkylation sites (tertiary alicyclic amines) is 1. The third-order valence-electron chi connectivity index (χ3n) is 2.06. The fraction of sp³-hybridized carbons (Fsp3) is 1.00. The van der Waals surface area contributed by atoms with Crippen molar-refractivity contribution < 1.29 is 0 Å². The molecule has 0 atom stereocenters. The van der Waals surface area contributed by atoms with E-state index in [4.69, 9.17) is 5.73 Å². The van der Waals surface area contributed by atoms with Crippen molar-refractivity contribution in [3.05, 3.63) is 0 Å². The second-order valence-corrected chi connectivity index (χ2v) is 2.82. The molecule has 0 aromatic carbocycles. The van der Waals surface area contributed by atoms with E-state index in [-0.39, 0.29) is 0 Å². The molecule has 1 aliphatic heterocycles. The van der Waals surface area contributed by atoms with Crippen molar-refractivity contribution in [3.8, 4) is 0 Å². The molecule has 9 heavy (non-hydrogen) atoms. The van der Waals surface area contributed by atoms with Crippen molar-refractivity contribution in [2.24, 2.45) is 11.7 Å². The minimum Gasteiger partial charge on any atom is -0.329 e. The highest BCUT2D eigenvalue weighted by molar-refractivity contribution is 4.78. The SMILES string of the molecule is CCC1CN(CCN)C1. The molecule has 54 valence electrons. The smallest absolute Gasteiger partial charge is 0.0105 e. The van der Waals surface area contributed by atoms with Gasteiger partial charge in [-0.2, -0.15) is 0 Å². The second-order valence-electron chi connectivity index (χ2n) is 2.82. The van der Waals surface area contributed by atoms with Crippen LogP contribution in [0.1, 0.15) is 13.3 Å². The number of nitrogens with two attached hydrogens (primary N) is 1. The average Bonchev–Trinajstić information content (AvgIpc) is 1.77. The molecule has 2 nitrogen and oxygen atoms in total. The predicted molar refractivity (Wildman–Crippen MR) is 39.3 cm³/mol. The van der Waals surface area contributed by atoms with Crippen molar-refractivity contribution in [3.63, 3.8) is 0 Å². The molecule has 2 heteroatoms. The van der Waals surface area contributed by atoms with E-state index in [1.807, 2.05) is 0 Å². The molecule has 1 aliphatic rings. The minimum atomic E-state index is 0.816. The molecule has 2 N–H and O–H groups in total. The zero-order valence-electron chi connectivity index (χ0n) is 6.14. The Morgan fingerprint density at radius 1 is 1.56 bits per heavy atom. The maximum atomic E-state index is 5.38. The van der Waals surface area contributed by atoms with Gasteiger partial charge in [0.25, 0.3) is 0 Å². The topological polar surface area (TPSA) is 29.3 Å². The first-order valence-corrected chi connectivity index (χ1v) is 3.79. The molecule has 0 aliphatic carbocycles. The monoisotopic (exact) mass is 128 g/mol. The van der Waals surface area contributed by atoms with Crippen LogP contribution >= 0.6 is 0 Å². The van der Waals surface area contributed by atoms with E-state index in [0.717, 1.165) is 19.0 Å². The summed E-state index contributed by atoms with van der Waals surface area (Å²) in [5.74, 6) is 0.969. The lowest BCUT2D eigenvalue weighted by Gasteiger charge is -2.38. The molecule has 1 rings (SSSR count). The van der Waals surface area contributed by atoms with Crippen molar-refractivity contribution in [2.75, 3.05) is 26.2 Å². The molecule has 1 heterocycles. The van der Waals surface area contributed by atoms with Crippen LogP contribution in [-0.4, -0.2) is 31.1 Å². The molecule has 0 spiro atoms. The summed E-state index contributed by atoms with van der Waals surface area (Å²) in [7, 11) is 0. The minimum absolute atomic E-state index is 0.816. The van der Waals surface area contributed by atoms with E-state index < -0.39 is 0 Å². The van der Waals surface area contributed by atoms with Crippen LogP contribution in [0.15, 0.2) is 0 Å². The summed E-state index contributed by atoms with van der Waals surface area (Å²) in [6.07, 6.45) is 1.33. The van der Waals surface area contributed by atoms with Gasteiger partial charge in [0.2, 0.25) is 0 Å². The van der Waals surface area contributed by atoms with Gasteiger partial charge in [0.1, 0.15) is 0 Å². The summed E-state index contributed by atoms with van der Waals surface area (Å²) < 4.78 is 0. The van der Waals surface area contributed by atoms with Crippen LogP contribution in [0.3, 0.4) is 0 Å². The second kappa shape index (κ2) is 3.18. The number of rotatable bonds is 3. The van der Waals surface area contributed by atoms with Crippen LogP contribution in [0.4, 0.5) is 0 Å². The maximum absolute atomic E-state index is 5.38. The highest BCUT2D eigenvalue weighted by Crippen LogP contribution is 2.16. The van der Waals surface area contributed by atoms with Gasteiger partial charge < -0.3 is 10.6 Å². The van der Waals surface area contributed by atoms with Gasteiger partial charge in [-0.05, 0) is 5.92 Å². The summed E-state index contributed by atoms with van der Waals surface area (Å²) in [4.78, 5) is 2.41. The Morgan fingerprint density at radius 2 is 2.22 bits per heavy atom. The lowest BCUT2D eigenvalue weighted by molar-refractivity contribution is 0.102. The zero-order chi connectivity index (χ0) is 6.69. The number of nitrogens with zero attached hydrogens (tertiary/aromatic N) is 1. The fourth-order valence-corrected chi connectivity index (χ4v) is 1.30. The van der Waals surface area contributed by atoms with E-state index in [1.165, 1.54) is 19.5 Å². The Kier molecular flexibility index (Phi) is 2.49. The Morgan fingerprint density at radius 3 is 2.67 bits per heavy atom. The van der Waals surface area contributed by atoms with Crippen molar-refractivity contribution in [1.29, 1.82) is 0 Å². The normalized spacial score (nSPS) is 22.0. The fourth-order valence-electron chi connectivity index (χ4n) is 1.30. The van der Waals surface area contributed by atoms with Crippen LogP contribution in [-0.2, 0) is 0 Å². The van der Waals surface area contributed by atoms with Crippen molar-refractivity contribution in [1.82, 2.24) is 4.90 Å². The van der Waals surface area contributed by atoms with Gasteiger partial charge in [-0.25, -0.2) is 0 Å². The summed E-state index contributed by atoms with van der Waals surface area (Å²) in [5, 5.41) is 0. The Labute approximate surface area is 57.0 Å². The molecular formula is C7H16N2. The molecule has 0 unspecified atom stereocenters. The van der Waals surface area contributed by atoms with Crippen molar-refractivity contribution in [2.45, 2.75) is 13.3 Å². The molecule has 0 saturated carbocycles. The van der Waals surface area contributed by atoms with Crippen LogP contribution in [0.5, 0.6) is 0 Å². The zero-order valence-corrected chi connectivity index (χ0v) is 6.14. The van der Waals surface area contributed by atoms with Crippen LogP contribution < -0.4 is 5.73 Å². The van der Waals surface area contributed by atoms with Gasteiger partial charge in [-0.1, -0.05) is 13.3 Å². The average molecular weight is 128 g/mol. The summed E-state index contributed by atoms with van der Waals surface area (Å²) in [5.41, 5.74) is 5.38. The van der Waals surface area contributed by atoms with Gasteiger partial charge in [0, 0.05) is 26.2 Å². The molecule has 0 radical (unpaired) electrons. The first-order chi connectivity index (χ1) is 4.36. The number of hydrogen-bond donors (Lipinski definition) is 1. The summed E-state index contributed by atoms with van der Waals surface area (Å²) in [6, 6.07) is 0. The van der Waals surface area contributed by atoms with E-state index >= 15 is 0 Å². The van der Waals surface area contributed by atoms with Gasteiger partial charge >= 0.3 is 0 Å². The lowest BCUT2D eigenvalue weighted by atomic mass is 9.98. The van der Waals surface area contributed by atoms with E-state index in [9.17, 15) is 0 Å². The standard InChI is InChI=1S/C7H16N2/c1-2-7-5-9(6-7)4-3-8/h7H,2-6,8H2,1H3. The molecule has 0 aromatic heterocycles. The Hall–Kier alpha value is -0.0800. The number of hydrogen-bond acceptors (Lipinski definition) is 2. The van der Waals surface area contributed by atoms with E-state index in [1.54, 1.807) is 0 Å². The highest BCUT2D eigenvalue weighted by atomic mass is 15.2. The predicted octanol–water partition coefficient (Wildman–Crippen LogP) is 0.287. The molecule has 1 fully saturated rings. The van der Waals surface area contributed by atoms with Crippen LogP contribution in [0.2, 0.25) is 0 Å². The maximum Gasteiger partial charge on any atom is 0.0105 e. The summed E-state index contributed by atoms with van der Waals surface area (Å²) in [6.45, 7) is 6.73. The van der Waals surface area contributed by atoms with Gasteiger partial charge in [-0.15, -0.1) is 0 Å².